The molecule has 0 fully saturated rings. The molecule has 0 radical (unpaired) electrons. The summed E-state index contributed by atoms with van der Waals surface area (Å²) < 4.78 is 1.27. The minimum absolute atomic E-state index is 1.11. The van der Waals surface area contributed by atoms with Crippen LogP contribution >= 0.6 is 22.6 Å². The van der Waals surface area contributed by atoms with Crippen LogP contribution in [0, 0.1) is 0 Å². The Balaban J connectivity index is 2.73. The van der Waals surface area contributed by atoms with Gasteiger partial charge in [0.2, 0.25) is 0 Å². The summed E-state index contributed by atoms with van der Waals surface area (Å²) in [7, 11) is 0. The van der Waals surface area contributed by atoms with Gasteiger partial charge in [0.05, 0.1) is 0 Å². The number of hydrogen-bond donors (Lipinski definition) is 2. The second kappa shape index (κ2) is 11.6. The van der Waals surface area contributed by atoms with E-state index in [9.17, 15) is 0 Å². The smallest absolute Gasteiger partial charge is 0.0100 e. The molecule has 12 heavy (non-hydrogen) atoms. The Morgan fingerprint density at radius 3 is 2.00 bits per heavy atom. The molecule has 0 saturated carbocycles. The van der Waals surface area contributed by atoms with Gasteiger partial charge in [-0.05, 0) is 23.7 Å². The standard InChI is InChI=1S/C9H21IN2/c1-2-3-5-8-11-12-9-6-4-7-10/h11-12H,2-9H2,1H3. The van der Waals surface area contributed by atoms with Gasteiger partial charge in [-0.25, -0.2) is 0 Å². The largest absolute Gasteiger partial charge is 0.258 e. The van der Waals surface area contributed by atoms with Crippen molar-refractivity contribution < 1.29 is 0 Å². The summed E-state index contributed by atoms with van der Waals surface area (Å²) >= 11 is 2.42. The predicted octanol–water partition coefficient (Wildman–Crippen LogP) is 2.49. The van der Waals surface area contributed by atoms with Gasteiger partial charge >= 0.3 is 0 Å². The normalized spacial score (nSPS) is 10.5. The fraction of sp³-hybridized carbons (Fsp3) is 1.00. The molecule has 0 aliphatic rings. The maximum atomic E-state index is 3.23. The third-order valence-corrected chi connectivity index (χ3v) is 2.48. The zero-order chi connectivity index (χ0) is 9.07. The molecule has 0 bridgehead atoms. The van der Waals surface area contributed by atoms with Crippen LogP contribution in [0.25, 0.3) is 0 Å². The zero-order valence-electron chi connectivity index (χ0n) is 8.03. The molecule has 2 nitrogen and oxygen atoms in total. The van der Waals surface area contributed by atoms with Gasteiger partial charge in [-0.3, -0.25) is 10.9 Å². The van der Waals surface area contributed by atoms with Gasteiger partial charge in [0.25, 0.3) is 0 Å². The highest BCUT2D eigenvalue weighted by Gasteiger charge is 1.87. The Morgan fingerprint density at radius 1 is 0.917 bits per heavy atom. The summed E-state index contributed by atoms with van der Waals surface area (Å²) in [5.74, 6) is 0. The van der Waals surface area contributed by atoms with Crippen LogP contribution in [0.5, 0.6) is 0 Å². The molecule has 0 aromatic carbocycles. The number of halogens is 1. The molecule has 0 aromatic heterocycles. The number of unbranched alkanes of at least 4 members (excludes halogenated alkanes) is 3. The number of alkyl halides is 1. The molecule has 0 aliphatic carbocycles. The summed E-state index contributed by atoms with van der Waals surface area (Å²) in [5.41, 5.74) is 6.45. The summed E-state index contributed by atoms with van der Waals surface area (Å²) in [6.45, 7) is 4.45. The molecule has 0 aromatic rings. The van der Waals surface area contributed by atoms with Gasteiger partial charge in [0.15, 0.2) is 0 Å². The highest BCUT2D eigenvalue weighted by Crippen LogP contribution is 1.92. The molecule has 0 spiro atoms. The molecule has 2 N–H and O–H groups in total. The van der Waals surface area contributed by atoms with Crippen LogP contribution in [0.2, 0.25) is 0 Å². The average Bonchev–Trinajstić information content (AvgIpc) is 2.10. The second-order valence-electron chi connectivity index (χ2n) is 2.96. The molecule has 3 heteroatoms. The predicted molar refractivity (Wildman–Crippen MR) is 63.7 cm³/mol. The molecular weight excluding hydrogens is 263 g/mol. The minimum Gasteiger partial charge on any atom is -0.258 e. The van der Waals surface area contributed by atoms with Crippen LogP contribution in [0.4, 0.5) is 0 Å². The van der Waals surface area contributed by atoms with Crippen LogP contribution < -0.4 is 10.9 Å². The molecule has 0 heterocycles. The van der Waals surface area contributed by atoms with Gasteiger partial charge in [-0.2, -0.15) is 0 Å². The van der Waals surface area contributed by atoms with E-state index in [0.717, 1.165) is 13.1 Å². The number of hydrazine groups is 1. The van der Waals surface area contributed by atoms with Crippen LogP contribution in [0.3, 0.4) is 0 Å². The maximum Gasteiger partial charge on any atom is 0.0100 e. The molecule has 0 aliphatic heterocycles. The second-order valence-corrected chi connectivity index (χ2v) is 4.04. The molecule has 74 valence electrons. The van der Waals surface area contributed by atoms with E-state index in [4.69, 9.17) is 0 Å². The molecule has 0 amide bonds. The van der Waals surface area contributed by atoms with Gasteiger partial charge in [0, 0.05) is 13.1 Å². The van der Waals surface area contributed by atoms with E-state index in [1.807, 2.05) is 0 Å². The van der Waals surface area contributed by atoms with Crippen molar-refractivity contribution in [2.45, 2.75) is 39.0 Å². The van der Waals surface area contributed by atoms with E-state index in [0.29, 0.717) is 0 Å². The Kier molecular flexibility index (Phi) is 12.3. The lowest BCUT2D eigenvalue weighted by molar-refractivity contribution is 0.501. The van der Waals surface area contributed by atoms with Crippen LogP contribution in [0.15, 0.2) is 0 Å². The summed E-state index contributed by atoms with van der Waals surface area (Å²) in [6, 6.07) is 0. The summed E-state index contributed by atoms with van der Waals surface area (Å²) in [6.07, 6.45) is 6.53. The Morgan fingerprint density at radius 2 is 1.50 bits per heavy atom. The quantitative estimate of drug-likeness (QED) is 0.294. The van der Waals surface area contributed by atoms with Crippen LogP contribution in [0.1, 0.15) is 39.0 Å². The number of nitrogens with one attached hydrogen (secondary N) is 2. The van der Waals surface area contributed by atoms with Crippen LogP contribution in [-0.4, -0.2) is 17.5 Å². The minimum atomic E-state index is 1.11. The highest BCUT2D eigenvalue weighted by molar-refractivity contribution is 14.1. The third-order valence-electron chi connectivity index (χ3n) is 1.72. The van der Waals surface area contributed by atoms with Crippen molar-refractivity contribution in [1.29, 1.82) is 0 Å². The lowest BCUT2D eigenvalue weighted by Crippen LogP contribution is -2.33. The lowest BCUT2D eigenvalue weighted by Gasteiger charge is -2.05. The molecule has 0 atom stereocenters. The Labute approximate surface area is 90.0 Å². The van der Waals surface area contributed by atoms with Gasteiger partial charge in [-0.15, -0.1) is 0 Å². The third kappa shape index (κ3) is 10.7. The van der Waals surface area contributed by atoms with E-state index in [2.05, 4.69) is 40.4 Å². The van der Waals surface area contributed by atoms with E-state index in [-0.39, 0.29) is 0 Å². The molecular formula is C9H21IN2. The van der Waals surface area contributed by atoms with Crippen molar-refractivity contribution >= 4 is 22.6 Å². The first kappa shape index (κ1) is 12.7. The summed E-state index contributed by atoms with van der Waals surface area (Å²) in [5, 5.41) is 0. The van der Waals surface area contributed by atoms with Crippen molar-refractivity contribution in [1.82, 2.24) is 10.9 Å². The summed E-state index contributed by atoms with van der Waals surface area (Å²) in [4.78, 5) is 0. The first-order valence-corrected chi connectivity index (χ1v) is 6.46. The SMILES string of the molecule is CCCCCNNCCCCI. The fourth-order valence-electron chi connectivity index (χ4n) is 0.948. The zero-order valence-corrected chi connectivity index (χ0v) is 10.2. The van der Waals surface area contributed by atoms with Gasteiger partial charge < -0.3 is 0 Å². The number of rotatable bonds is 9. The topological polar surface area (TPSA) is 24.1 Å². The van der Waals surface area contributed by atoms with Crippen molar-refractivity contribution in [3.8, 4) is 0 Å². The van der Waals surface area contributed by atoms with Crippen molar-refractivity contribution in [3.05, 3.63) is 0 Å². The van der Waals surface area contributed by atoms with Gasteiger partial charge in [0.1, 0.15) is 0 Å². The van der Waals surface area contributed by atoms with Gasteiger partial charge in [-0.1, -0.05) is 42.4 Å². The van der Waals surface area contributed by atoms with Crippen molar-refractivity contribution in [2.24, 2.45) is 0 Å². The first-order valence-electron chi connectivity index (χ1n) is 4.93. The monoisotopic (exact) mass is 284 g/mol. The van der Waals surface area contributed by atoms with E-state index in [1.165, 1.54) is 36.5 Å². The van der Waals surface area contributed by atoms with Crippen molar-refractivity contribution in [2.75, 3.05) is 17.5 Å². The van der Waals surface area contributed by atoms with E-state index < -0.39 is 0 Å². The average molecular weight is 284 g/mol. The maximum absolute atomic E-state index is 3.23. The van der Waals surface area contributed by atoms with E-state index >= 15 is 0 Å². The molecule has 0 unspecified atom stereocenters. The molecule has 0 saturated heterocycles. The van der Waals surface area contributed by atoms with Crippen molar-refractivity contribution in [3.63, 3.8) is 0 Å². The van der Waals surface area contributed by atoms with E-state index in [1.54, 1.807) is 0 Å². The van der Waals surface area contributed by atoms with Crippen LogP contribution in [-0.2, 0) is 0 Å². The Bertz CT molecular complexity index is 68.9. The lowest BCUT2D eigenvalue weighted by atomic mass is 10.2. The number of hydrogen-bond acceptors (Lipinski definition) is 2. The Hall–Kier alpha value is 0.650. The highest BCUT2D eigenvalue weighted by atomic mass is 127. The first-order chi connectivity index (χ1) is 5.91. The fourth-order valence-corrected chi connectivity index (χ4v) is 1.49. The molecule has 0 rings (SSSR count).